The van der Waals surface area contributed by atoms with Crippen LogP contribution in [0.3, 0.4) is 0 Å². The summed E-state index contributed by atoms with van der Waals surface area (Å²) >= 11 is 1.45. The first-order valence-electron chi connectivity index (χ1n) is 8.33. The minimum Gasteiger partial charge on any atom is -0.435 e. The average molecular weight is 388 g/mol. The van der Waals surface area contributed by atoms with Gasteiger partial charge >= 0.3 is 6.61 Å². The van der Waals surface area contributed by atoms with Crippen LogP contribution in [0.4, 0.5) is 8.78 Å². The minimum atomic E-state index is -2.85. The van der Waals surface area contributed by atoms with Crippen LogP contribution in [-0.2, 0) is 17.8 Å². The lowest BCUT2D eigenvalue weighted by Crippen LogP contribution is -2.24. The van der Waals surface area contributed by atoms with Gasteiger partial charge < -0.3 is 10.1 Å². The summed E-state index contributed by atoms with van der Waals surface area (Å²) in [6, 6.07) is 16.0. The molecule has 3 rings (SSSR count). The molecule has 0 atom stereocenters. The van der Waals surface area contributed by atoms with Crippen molar-refractivity contribution in [2.45, 2.75) is 26.5 Å². The molecule has 0 radical (unpaired) electrons. The SMILES string of the molecule is Cc1sc(CC(=O)NCc2ccccc2)nc1-c1ccc(OC(F)F)cc1. The number of thiazole rings is 1. The van der Waals surface area contributed by atoms with E-state index in [1.807, 2.05) is 37.3 Å². The van der Waals surface area contributed by atoms with Crippen molar-refractivity contribution in [3.05, 3.63) is 70.0 Å². The lowest BCUT2D eigenvalue weighted by Gasteiger charge is -2.05. The lowest BCUT2D eigenvalue weighted by molar-refractivity contribution is -0.120. The van der Waals surface area contributed by atoms with E-state index in [0.717, 1.165) is 21.7 Å². The van der Waals surface area contributed by atoms with Crippen LogP contribution in [0.1, 0.15) is 15.4 Å². The van der Waals surface area contributed by atoms with Crippen LogP contribution in [0.5, 0.6) is 5.75 Å². The van der Waals surface area contributed by atoms with E-state index in [-0.39, 0.29) is 18.1 Å². The van der Waals surface area contributed by atoms with Gasteiger partial charge in [0.2, 0.25) is 5.91 Å². The molecule has 0 fully saturated rings. The quantitative estimate of drug-likeness (QED) is 0.645. The topological polar surface area (TPSA) is 51.2 Å². The number of halogens is 2. The smallest absolute Gasteiger partial charge is 0.387 e. The average Bonchev–Trinajstić information content (AvgIpc) is 3.01. The summed E-state index contributed by atoms with van der Waals surface area (Å²) in [5.41, 5.74) is 2.57. The van der Waals surface area contributed by atoms with Gasteiger partial charge in [0.05, 0.1) is 12.1 Å². The molecule has 1 N–H and O–H groups in total. The number of nitrogens with zero attached hydrogens (tertiary/aromatic N) is 1. The molecule has 0 aliphatic carbocycles. The molecule has 1 heterocycles. The summed E-state index contributed by atoms with van der Waals surface area (Å²) in [5.74, 6) is 0.00183. The number of amides is 1. The number of benzene rings is 2. The zero-order valence-corrected chi connectivity index (χ0v) is 15.4. The molecular formula is C20H18F2N2O2S. The molecule has 0 saturated heterocycles. The van der Waals surface area contributed by atoms with E-state index >= 15 is 0 Å². The highest BCUT2D eigenvalue weighted by Gasteiger charge is 2.13. The van der Waals surface area contributed by atoms with Gasteiger partial charge in [-0.05, 0) is 36.8 Å². The van der Waals surface area contributed by atoms with Gasteiger partial charge in [0.15, 0.2) is 0 Å². The Morgan fingerprint density at radius 1 is 1.15 bits per heavy atom. The van der Waals surface area contributed by atoms with Crippen molar-refractivity contribution in [3.8, 4) is 17.0 Å². The van der Waals surface area contributed by atoms with Crippen LogP contribution in [0.25, 0.3) is 11.3 Å². The predicted octanol–water partition coefficient (Wildman–Crippen LogP) is 4.58. The van der Waals surface area contributed by atoms with Gasteiger partial charge in [-0.15, -0.1) is 11.3 Å². The Morgan fingerprint density at radius 3 is 2.52 bits per heavy atom. The Morgan fingerprint density at radius 2 is 1.85 bits per heavy atom. The van der Waals surface area contributed by atoms with Crippen molar-refractivity contribution in [2.75, 3.05) is 0 Å². The number of hydrogen-bond donors (Lipinski definition) is 1. The van der Waals surface area contributed by atoms with Crippen LogP contribution in [0.2, 0.25) is 0 Å². The van der Waals surface area contributed by atoms with Crippen LogP contribution in [0.15, 0.2) is 54.6 Å². The second kappa shape index (κ2) is 8.73. The number of hydrogen-bond acceptors (Lipinski definition) is 4. The second-order valence-electron chi connectivity index (χ2n) is 5.85. The van der Waals surface area contributed by atoms with Gasteiger partial charge in [-0.2, -0.15) is 8.78 Å². The summed E-state index contributed by atoms with van der Waals surface area (Å²) in [4.78, 5) is 17.7. The second-order valence-corrected chi connectivity index (χ2v) is 7.14. The van der Waals surface area contributed by atoms with Gasteiger partial charge in [0, 0.05) is 17.0 Å². The zero-order chi connectivity index (χ0) is 19.2. The molecule has 3 aromatic rings. The summed E-state index contributed by atoms with van der Waals surface area (Å²) in [5, 5.41) is 3.59. The number of carbonyl (C=O) groups is 1. The highest BCUT2D eigenvalue weighted by Crippen LogP contribution is 2.29. The van der Waals surface area contributed by atoms with Crippen LogP contribution < -0.4 is 10.1 Å². The first-order valence-corrected chi connectivity index (χ1v) is 9.15. The number of rotatable bonds is 7. The molecule has 0 spiro atoms. The standard InChI is InChI=1S/C20H18F2N2O2S/c1-13-19(15-7-9-16(10-8-15)26-20(21)22)24-18(27-13)11-17(25)23-12-14-5-3-2-4-6-14/h2-10,20H,11-12H2,1H3,(H,23,25). The molecule has 7 heteroatoms. The van der Waals surface area contributed by atoms with Crippen molar-refractivity contribution in [1.29, 1.82) is 0 Å². The van der Waals surface area contributed by atoms with Crippen molar-refractivity contribution < 1.29 is 18.3 Å². The van der Waals surface area contributed by atoms with E-state index in [2.05, 4.69) is 15.0 Å². The fourth-order valence-electron chi connectivity index (χ4n) is 2.59. The zero-order valence-electron chi connectivity index (χ0n) is 14.6. The van der Waals surface area contributed by atoms with Gasteiger partial charge in [-0.1, -0.05) is 30.3 Å². The molecule has 1 aromatic heterocycles. The monoisotopic (exact) mass is 388 g/mol. The fraction of sp³-hybridized carbons (Fsp3) is 0.200. The van der Waals surface area contributed by atoms with Gasteiger partial charge in [-0.3, -0.25) is 4.79 Å². The van der Waals surface area contributed by atoms with E-state index in [4.69, 9.17) is 0 Å². The van der Waals surface area contributed by atoms with Crippen molar-refractivity contribution in [3.63, 3.8) is 0 Å². The Balaban J connectivity index is 1.62. The van der Waals surface area contributed by atoms with Gasteiger partial charge in [-0.25, -0.2) is 4.98 Å². The van der Waals surface area contributed by atoms with E-state index in [1.165, 1.54) is 23.5 Å². The molecule has 4 nitrogen and oxygen atoms in total. The molecular weight excluding hydrogens is 370 g/mol. The first kappa shape index (κ1) is 19.0. The molecule has 27 heavy (non-hydrogen) atoms. The van der Waals surface area contributed by atoms with Crippen LogP contribution >= 0.6 is 11.3 Å². The number of alkyl halides is 2. The van der Waals surface area contributed by atoms with Crippen molar-refractivity contribution in [1.82, 2.24) is 10.3 Å². The van der Waals surface area contributed by atoms with Crippen LogP contribution in [-0.4, -0.2) is 17.5 Å². The number of ether oxygens (including phenoxy) is 1. The molecule has 0 bridgehead atoms. The molecule has 1 amide bonds. The highest BCUT2D eigenvalue weighted by molar-refractivity contribution is 7.12. The minimum absolute atomic E-state index is 0.0974. The number of aromatic nitrogens is 1. The predicted molar refractivity (Wildman–Crippen MR) is 101 cm³/mol. The number of aryl methyl sites for hydroxylation is 1. The maximum Gasteiger partial charge on any atom is 0.387 e. The lowest BCUT2D eigenvalue weighted by atomic mass is 10.1. The molecule has 0 unspecified atom stereocenters. The van der Waals surface area contributed by atoms with E-state index in [1.54, 1.807) is 12.1 Å². The number of nitrogens with one attached hydrogen (secondary N) is 1. The Bertz CT molecular complexity index is 896. The summed E-state index contributed by atoms with van der Waals surface area (Å²) in [6.07, 6.45) is 0.199. The summed E-state index contributed by atoms with van der Waals surface area (Å²) < 4.78 is 28.8. The van der Waals surface area contributed by atoms with E-state index < -0.39 is 6.61 Å². The maximum atomic E-state index is 12.2. The maximum absolute atomic E-state index is 12.2. The molecule has 0 aliphatic rings. The van der Waals surface area contributed by atoms with Gasteiger partial charge in [0.1, 0.15) is 10.8 Å². The summed E-state index contributed by atoms with van der Waals surface area (Å²) in [6.45, 7) is -0.456. The molecule has 2 aromatic carbocycles. The first-order chi connectivity index (χ1) is 13.0. The third-order valence-electron chi connectivity index (χ3n) is 3.84. The van der Waals surface area contributed by atoms with Crippen molar-refractivity contribution >= 4 is 17.2 Å². The third kappa shape index (κ3) is 5.34. The fourth-order valence-corrected chi connectivity index (χ4v) is 3.54. The van der Waals surface area contributed by atoms with E-state index in [0.29, 0.717) is 11.6 Å². The Hall–Kier alpha value is -2.80. The van der Waals surface area contributed by atoms with Gasteiger partial charge in [0.25, 0.3) is 0 Å². The Labute approximate surface area is 159 Å². The van der Waals surface area contributed by atoms with Crippen LogP contribution in [0, 0.1) is 6.92 Å². The Kier molecular flexibility index (Phi) is 6.13. The molecule has 0 aliphatic heterocycles. The summed E-state index contributed by atoms with van der Waals surface area (Å²) in [7, 11) is 0. The number of carbonyl (C=O) groups excluding carboxylic acids is 1. The largest absolute Gasteiger partial charge is 0.435 e. The van der Waals surface area contributed by atoms with Crippen molar-refractivity contribution in [2.24, 2.45) is 0 Å². The van der Waals surface area contributed by atoms with E-state index in [9.17, 15) is 13.6 Å². The normalized spacial score (nSPS) is 10.8. The third-order valence-corrected chi connectivity index (χ3v) is 4.81. The molecule has 0 saturated carbocycles. The molecule has 140 valence electrons. The highest BCUT2D eigenvalue weighted by atomic mass is 32.1.